The highest BCUT2D eigenvalue weighted by Gasteiger charge is 2.34. The quantitative estimate of drug-likeness (QED) is 0.772. The van der Waals surface area contributed by atoms with Crippen molar-refractivity contribution in [2.24, 2.45) is 0 Å². The SMILES string of the molecule is FC(F)(F)c1cc(OC2CCOC2)nc(Cl)n1. The smallest absolute Gasteiger partial charge is 0.433 e. The zero-order valence-corrected chi connectivity index (χ0v) is 9.25. The highest BCUT2D eigenvalue weighted by atomic mass is 35.5. The minimum absolute atomic E-state index is 0.187. The maximum atomic E-state index is 12.4. The molecule has 0 spiro atoms. The van der Waals surface area contributed by atoms with E-state index in [1.807, 2.05) is 0 Å². The van der Waals surface area contributed by atoms with E-state index in [0.29, 0.717) is 19.6 Å². The third kappa shape index (κ3) is 3.19. The molecule has 1 aromatic rings. The Morgan fingerprint density at radius 2 is 2.18 bits per heavy atom. The Morgan fingerprint density at radius 1 is 1.41 bits per heavy atom. The van der Waals surface area contributed by atoms with Gasteiger partial charge in [-0.15, -0.1) is 0 Å². The molecule has 0 N–H and O–H groups in total. The number of aromatic nitrogens is 2. The Labute approximate surface area is 99.7 Å². The Kier molecular flexibility index (Phi) is 3.39. The van der Waals surface area contributed by atoms with Crippen LogP contribution < -0.4 is 4.74 Å². The summed E-state index contributed by atoms with van der Waals surface area (Å²) in [5.41, 5.74) is -1.12. The van der Waals surface area contributed by atoms with E-state index in [1.54, 1.807) is 0 Å². The van der Waals surface area contributed by atoms with Gasteiger partial charge in [-0.2, -0.15) is 18.2 Å². The lowest BCUT2D eigenvalue weighted by atomic mass is 10.3. The molecule has 4 nitrogen and oxygen atoms in total. The average molecular weight is 269 g/mol. The van der Waals surface area contributed by atoms with Gasteiger partial charge in [-0.05, 0) is 11.6 Å². The first kappa shape index (κ1) is 12.4. The fraction of sp³-hybridized carbons (Fsp3) is 0.556. The number of hydrogen-bond acceptors (Lipinski definition) is 4. The number of rotatable bonds is 2. The summed E-state index contributed by atoms with van der Waals surface area (Å²) in [4.78, 5) is 6.69. The lowest BCUT2D eigenvalue weighted by molar-refractivity contribution is -0.141. The molecule has 0 aliphatic carbocycles. The minimum Gasteiger partial charge on any atom is -0.472 e. The van der Waals surface area contributed by atoms with Gasteiger partial charge in [0.05, 0.1) is 13.2 Å². The Bertz CT molecular complexity index is 408. The summed E-state index contributed by atoms with van der Waals surface area (Å²) in [7, 11) is 0. The van der Waals surface area contributed by atoms with E-state index in [0.717, 1.165) is 6.07 Å². The van der Waals surface area contributed by atoms with E-state index in [4.69, 9.17) is 21.1 Å². The van der Waals surface area contributed by atoms with Gasteiger partial charge >= 0.3 is 6.18 Å². The van der Waals surface area contributed by atoms with E-state index in [-0.39, 0.29) is 12.0 Å². The number of hydrogen-bond donors (Lipinski definition) is 0. The molecule has 1 aliphatic rings. The molecule has 1 fully saturated rings. The number of halogens is 4. The summed E-state index contributed by atoms with van der Waals surface area (Å²) < 4.78 is 47.6. The van der Waals surface area contributed by atoms with Gasteiger partial charge in [-0.1, -0.05) is 0 Å². The first-order chi connectivity index (χ1) is 7.95. The number of alkyl halides is 3. The van der Waals surface area contributed by atoms with Crippen LogP contribution in [-0.4, -0.2) is 29.3 Å². The van der Waals surface area contributed by atoms with E-state index in [2.05, 4.69) is 9.97 Å². The second kappa shape index (κ2) is 4.66. The molecule has 0 aromatic carbocycles. The molecular weight excluding hydrogens is 261 g/mol. The van der Waals surface area contributed by atoms with Crippen LogP contribution in [0.25, 0.3) is 0 Å². The molecular formula is C9H8ClF3N2O2. The zero-order valence-electron chi connectivity index (χ0n) is 8.50. The minimum atomic E-state index is -4.57. The molecule has 1 aromatic heterocycles. The third-order valence-corrected chi connectivity index (χ3v) is 2.31. The van der Waals surface area contributed by atoms with Crippen molar-refractivity contribution in [3.8, 4) is 5.88 Å². The first-order valence-corrected chi connectivity index (χ1v) is 5.19. The molecule has 2 heterocycles. The van der Waals surface area contributed by atoms with Gasteiger partial charge in [0, 0.05) is 12.5 Å². The van der Waals surface area contributed by atoms with Gasteiger partial charge < -0.3 is 9.47 Å². The molecule has 2 rings (SSSR count). The second-order valence-corrected chi connectivity index (χ2v) is 3.80. The molecule has 0 bridgehead atoms. The fourth-order valence-corrected chi connectivity index (χ4v) is 1.55. The predicted octanol–water partition coefficient (Wildman–Crippen LogP) is 2.32. The highest BCUT2D eigenvalue weighted by Crippen LogP contribution is 2.30. The van der Waals surface area contributed by atoms with Crippen LogP contribution in [-0.2, 0) is 10.9 Å². The first-order valence-electron chi connectivity index (χ1n) is 4.81. The van der Waals surface area contributed by atoms with Gasteiger partial charge in [0.2, 0.25) is 11.2 Å². The second-order valence-electron chi connectivity index (χ2n) is 3.46. The summed E-state index contributed by atoms with van der Waals surface area (Å²) in [6, 6.07) is 0.726. The van der Waals surface area contributed by atoms with Crippen LogP contribution in [0.15, 0.2) is 6.07 Å². The van der Waals surface area contributed by atoms with Crippen LogP contribution in [0, 0.1) is 0 Å². The van der Waals surface area contributed by atoms with Crippen LogP contribution in [0.5, 0.6) is 5.88 Å². The standard InChI is InChI=1S/C9H8ClF3N2O2/c10-8-14-6(9(11,12)13)3-7(15-8)17-5-1-2-16-4-5/h3,5H,1-2,4H2. The summed E-state index contributed by atoms with van der Waals surface area (Å²) >= 11 is 5.41. The fourth-order valence-electron chi connectivity index (χ4n) is 1.38. The molecule has 0 saturated carbocycles. The summed E-state index contributed by atoms with van der Waals surface area (Å²) in [6.45, 7) is 0.860. The summed E-state index contributed by atoms with van der Waals surface area (Å²) in [6.07, 6.45) is -4.25. The van der Waals surface area contributed by atoms with E-state index >= 15 is 0 Å². The third-order valence-electron chi connectivity index (χ3n) is 2.14. The van der Waals surface area contributed by atoms with Crippen LogP contribution in [0.4, 0.5) is 13.2 Å². The molecule has 94 valence electrons. The topological polar surface area (TPSA) is 44.2 Å². The molecule has 8 heteroatoms. The average Bonchev–Trinajstić information content (AvgIpc) is 2.68. The van der Waals surface area contributed by atoms with Crippen molar-refractivity contribution in [1.29, 1.82) is 0 Å². The largest absolute Gasteiger partial charge is 0.472 e. The van der Waals surface area contributed by atoms with Gasteiger partial charge in [0.15, 0.2) is 5.69 Å². The lowest BCUT2D eigenvalue weighted by Gasteiger charge is -2.12. The van der Waals surface area contributed by atoms with Crippen molar-refractivity contribution in [3.05, 3.63) is 17.0 Å². The maximum absolute atomic E-state index is 12.4. The Morgan fingerprint density at radius 3 is 2.76 bits per heavy atom. The Hall–Kier alpha value is -1.08. The van der Waals surface area contributed by atoms with Crippen LogP contribution in [0.3, 0.4) is 0 Å². The van der Waals surface area contributed by atoms with Crippen molar-refractivity contribution < 1.29 is 22.6 Å². The van der Waals surface area contributed by atoms with Gasteiger partial charge in [0.25, 0.3) is 0 Å². The van der Waals surface area contributed by atoms with Crippen LogP contribution >= 0.6 is 11.6 Å². The maximum Gasteiger partial charge on any atom is 0.433 e. The van der Waals surface area contributed by atoms with E-state index in [1.165, 1.54) is 0 Å². The van der Waals surface area contributed by atoms with Crippen molar-refractivity contribution in [3.63, 3.8) is 0 Å². The van der Waals surface area contributed by atoms with Crippen molar-refractivity contribution >= 4 is 11.6 Å². The van der Waals surface area contributed by atoms with Crippen molar-refractivity contribution in [1.82, 2.24) is 9.97 Å². The predicted molar refractivity (Wildman–Crippen MR) is 51.9 cm³/mol. The molecule has 1 atom stereocenters. The molecule has 0 amide bonds. The monoisotopic (exact) mass is 268 g/mol. The molecule has 1 aliphatic heterocycles. The van der Waals surface area contributed by atoms with E-state index in [9.17, 15) is 13.2 Å². The zero-order chi connectivity index (χ0) is 12.5. The summed E-state index contributed by atoms with van der Waals surface area (Å²) in [5.74, 6) is -0.187. The molecule has 17 heavy (non-hydrogen) atoms. The molecule has 0 radical (unpaired) electrons. The number of nitrogens with zero attached hydrogens (tertiary/aromatic N) is 2. The molecule has 1 unspecified atom stereocenters. The van der Waals surface area contributed by atoms with E-state index < -0.39 is 17.2 Å². The number of ether oxygens (including phenoxy) is 2. The lowest BCUT2D eigenvalue weighted by Crippen LogP contribution is -2.18. The molecule has 1 saturated heterocycles. The van der Waals surface area contributed by atoms with Crippen molar-refractivity contribution in [2.75, 3.05) is 13.2 Å². The van der Waals surface area contributed by atoms with Gasteiger partial charge in [-0.25, -0.2) is 4.98 Å². The highest BCUT2D eigenvalue weighted by molar-refractivity contribution is 6.28. The normalized spacial score (nSPS) is 20.6. The van der Waals surface area contributed by atoms with Crippen LogP contribution in [0.1, 0.15) is 12.1 Å². The van der Waals surface area contributed by atoms with Crippen LogP contribution in [0.2, 0.25) is 5.28 Å². The van der Waals surface area contributed by atoms with Gasteiger partial charge in [0.1, 0.15) is 6.10 Å². The Balaban J connectivity index is 2.19. The van der Waals surface area contributed by atoms with Crippen molar-refractivity contribution in [2.45, 2.75) is 18.7 Å². The summed E-state index contributed by atoms with van der Waals surface area (Å²) in [5, 5.41) is -0.492. The van der Waals surface area contributed by atoms with Gasteiger partial charge in [-0.3, -0.25) is 0 Å².